The molecule has 1 saturated heterocycles. The van der Waals surface area contributed by atoms with Gasteiger partial charge in [0.05, 0.1) is 10.5 Å². The topological polar surface area (TPSA) is 102 Å². The van der Waals surface area contributed by atoms with E-state index >= 15 is 0 Å². The molecule has 1 aromatic heterocycles. The zero-order valence-electron chi connectivity index (χ0n) is 14.7. The van der Waals surface area contributed by atoms with Gasteiger partial charge in [-0.15, -0.1) is 0 Å². The summed E-state index contributed by atoms with van der Waals surface area (Å²) in [5.74, 6) is -0.263. The zero-order valence-corrected chi connectivity index (χ0v) is 14.7. The summed E-state index contributed by atoms with van der Waals surface area (Å²) < 4.78 is 0. The van der Waals surface area contributed by atoms with Gasteiger partial charge < -0.3 is 10.6 Å². The summed E-state index contributed by atoms with van der Waals surface area (Å²) in [6, 6.07) is 11.5. The molecule has 1 aliphatic heterocycles. The molecule has 0 saturated carbocycles. The highest BCUT2D eigenvalue weighted by Crippen LogP contribution is 2.37. The minimum absolute atomic E-state index is 0.0915. The Kier molecular flexibility index (Phi) is 4.88. The van der Waals surface area contributed by atoms with Crippen LogP contribution in [0, 0.1) is 15.5 Å². The number of nitrogens with zero attached hydrogens (tertiary/aromatic N) is 3. The van der Waals surface area contributed by atoms with Crippen molar-refractivity contribution in [1.82, 2.24) is 4.98 Å². The largest absolute Gasteiger partial charge is 0.365 e. The van der Waals surface area contributed by atoms with Crippen LogP contribution < -0.4 is 10.6 Å². The lowest BCUT2D eigenvalue weighted by molar-refractivity contribution is -0.385. The van der Waals surface area contributed by atoms with E-state index in [0.29, 0.717) is 5.82 Å². The third kappa shape index (κ3) is 3.82. The first-order chi connectivity index (χ1) is 12.4. The number of anilines is 1. The molecule has 1 amide bonds. The molecule has 7 nitrogen and oxygen atoms in total. The van der Waals surface area contributed by atoms with Crippen LogP contribution in [-0.4, -0.2) is 28.9 Å². The van der Waals surface area contributed by atoms with Gasteiger partial charge in [0, 0.05) is 19.2 Å². The summed E-state index contributed by atoms with van der Waals surface area (Å²) >= 11 is 0. The molecule has 2 heterocycles. The molecule has 1 atom stereocenters. The fourth-order valence-electron chi connectivity index (χ4n) is 3.48. The Bertz CT molecular complexity index is 825. The third-order valence-electron chi connectivity index (χ3n) is 5.05. The highest BCUT2D eigenvalue weighted by molar-refractivity contribution is 5.98. The van der Waals surface area contributed by atoms with Gasteiger partial charge in [0.15, 0.2) is 0 Å². The first kappa shape index (κ1) is 17.8. The Balaban J connectivity index is 1.75. The Morgan fingerprint density at radius 2 is 2.12 bits per heavy atom. The maximum Gasteiger partial charge on any atom is 0.288 e. The van der Waals surface area contributed by atoms with Gasteiger partial charge in [-0.3, -0.25) is 14.9 Å². The van der Waals surface area contributed by atoms with Crippen molar-refractivity contribution in [2.24, 2.45) is 11.1 Å². The predicted molar refractivity (Wildman–Crippen MR) is 99.1 cm³/mol. The van der Waals surface area contributed by atoms with E-state index in [2.05, 4.69) is 24.0 Å². The lowest BCUT2D eigenvalue weighted by Gasteiger charge is -2.25. The fourth-order valence-corrected chi connectivity index (χ4v) is 3.48. The smallest absolute Gasteiger partial charge is 0.288 e. The molecule has 136 valence electrons. The van der Waals surface area contributed by atoms with E-state index in [1.807, 2.05) is 23.1 Å². The molecule has 0 aliphatic carbocycles. The minimum atomic E-state index is -0.700. The summed E-state index contributed by atoms with van der Waals surface area (Å²) in [4.78, 5) is 28.3. The average molecular weight is 354 g/mol. The molecule has 7 heteroatoms. The van der Waals surface area contributed by atoms with Crippen molar-refractivity contribution in [2.75, 3.05) is 18.0 Å². The van der Waals surface area contributed by atoms with Crippen molar-refractivity contribution >= 4 is 17.4 Å². The number of rotatable bonds is 6. The molecular weight excluding hydrogens is 332 g/mol. The lowest BCUT2D eigenvalue weighted by Crippen LogP contribution is -2.28. The Morgan fingerprint density at radius 3 is 2.77 bits per heavy atom. The third-order valence-corrected chi connectivity index (χ3v) is 5.05. The number of nitro groups is 1. The highest BCUT2D eigenvalue weighted by atomic mass is 16.6. The van der Waals surface area contributed by atoms with E-state index < -0.39 is 10.8 Å². The number of carbonyl (C=O) groups excluding carboxylic acids is 1. The van der Waals surface area contributed by atoms with E-state index in [-0.39, 0.29) is 16.7 Å². The SMILES string of the molecule is CC1(CCc2ccccc2)CCN(c2ncc([N+](=O)[O-])cc2C(N)=O)C1. The van der Waals surface area contributed by atoms with Crippen molar-refractivity contribution in [2.45, 2.75) is 26.2 Å². The van der Waals surface area contributed by atoms with Gasteiger partial charge in [0.2, 0.25) is 0 Å². The second-order valence-electron chi connectivity index (χ2n) is 7.15. The van der Waals surface area contributed by atoms with E-state index in [9.17, 15) is 14.9 Å². The number of nitrogens with two attached hydrogens (primary N) is 1. The molecule has 1 unspecified atom stereocenters. The van der Waals surface area contributed by atoms with Crippen LogP contribution in [0.3, 0.4) is 0 Å². The normalized spacial score (nSPS) is 19.5. The van der Waals surface area contributed by atoms with Crippen LogP contribution in [0.25, 0.3) is 0 Å². The summed E-state index contributed by atoms with van der Waals surface area (Å²) in [5, 5.41) is 10.9. The summed E-state index contributed by atoms with van der Waals surface area (Å²) in [6.07, 6.45) is 4.16. The van der Waals surface area contributed by atoms with Gasteiger partial charge >= 0.3 is 0 Å². The molecule has 0 spiro atoms. The molecule has 3 rings (SSSR count). The van der Waals surface area contributed by atoms with E-state index in [4.69, 9.17) is 5.73 Å². The maximum absolute atomic E-state index is 11.8. The lowest BCUT2D eigenvalue weighted by atomic mass is 9.83. The number of primary amides is 1. The van der Waals surface area contributed by atoms with Gasteiger partial charge in [-0.25, -0.2) is 4.98 Å². The van der Waals surface area contributed by atoms with Crippen LogP contribution in [0.5, 0.6) is 0 Å². The second kappa shape index (κ2) is 7.11. The Labute approximate surface area is 152 Å². The molecule has 2 aromatic rings. The Hall–Kier alpha value is -2.96. The van der Waals surface area contributed by atoms with Gasteiger partial charge in [-0.1, -0.05) is 37.3 Å². The number of aryl methyl sites for hydroxylation is 1. The van der Waals surface area contributed by atoms with Gasteiger partial charge in [-0.2, -0.15) is 0 Å². The number of amides is 1. The van der Waals surface area contributed by atoms with Crippen molar-refractivity contribution < 1.29 is 9.72 Å². The molecule has 1 aromatic carbocycles. The molecule has 0 bridgehead atoms. The van der Waals surface area contributed by atoms with Crippen LogP contribution >= 0.6 is 0 Å². The average Bonchev–Trinajstić information content (AvgIpc) is 3.03. The van der Waals surface area contributed by atoms with Crippen LogP contribution in [0.1, 0.15) is 35.7 Å². The molecule has 1 aliphatic rings. The monoisotopic (exact) mass is 354 g/mol. The summed E-state index contributed by atoms with van der Waals surface area (Å²) in [6.45, 7) is 3.71. The summed E-state index contributed by atoms with van der Waals surface area (Å²) in [7, 11) is 0. The number of benzene rings is 1. The summed E-state index contributed by atoms with van der Waals surface area (Å²) in [5.41, 5.74) is 6.70. The molecule has 0 radical (unpaired) electrons. The van der Waals surface area contributed by atoms with Crippen molar-refractivity contribution in [3.8, 4) is 0 Å². The van der Waals surface area contributed by atoms with Crippen LogP contribution in [0.2, 0.25) is 0 Å². The molecule has 26 heavy (non-hydrogen) atoms. The molecule has 1 fully saturated rings. The fraction of sp³-hybridized carbons (Fsp3) is 0.368. The first-order valence-electron chi connectivity index (χ1n) is 8.61. The molecular formula is C19H22N4O3. The minimum Gasteiger partial charge on any atom is -0.365 e. The van der Waals surface area contributed by atoms with Crippen LogP contribution in [-0.2, 0) is 6.42 Å². The van der Waals surface area contributed by atoms with E-state index in [0.717, 1.165) is 32.4 Å². The van der Waals surface area contributed by atoms with Gasteiger partial charge in [-0.05, 0) is 30.2 Å². The second-order valence-corrected chi connectivity index (χ2v) is 7.15. The zero-order chi connectivity index (χ0) is 18.7. The van der Waals surface area contributed by atoms with E-state index in [1.165, 1.54) is 17.8 Å². The number of hydrogen-bond donors (Lipinski definition) is 1. The Morgan fingerprint density at radius 1 is 1.38 bits per heavy atom. The molecule has 2 N–H and O–H groups in total. The standard InChI is InChI=1S/C19H22N4O3/c1-19(8-7-14-5-3-2-4-6-14)9-10-22(13-19)18-16(17(20)24)11-15(12-21-18)23(25)26/h2-6,11-12H,7-10,13H2,1H3,(H2,20,24). The highest BCUT2D eigenvalue weighted by Gasteiger charge is 2.35. The van der Waals surface area contributed by atoms with Gasteiger partial charge in [0.1, 0.15) is 12.0 Å². The van der Waals surface area contributed by atoms with Gasteiger partial charge in [0.25, 0.3) is 11.6 Å². The van der Waals surface area contributed by atoms with Crippen LogP contribution in [0.15, 0.2) is 42.6 Å². The van der Waals surface area contributed by atoms with Crippen molar-refractivity contribution in [3.05, 3.63) is 63.8 Å². The van der Waals surface area contributed by atoms with E-state index in [1.54, 1.807) is 0 Å². The quantitative estimate of drug-likeness (QED) is 0.635. The van der Waals surface area contributed by atoms with Crippen molar-refractivity contribution in [3.63, 3.8) is 0 Å². The van der Waals surface area contributed by atoms with Crippen LogP contribution in [0.4, 0.5) is 11.5 Å². The number of hydrogen-bond acceptors (Lipinski definition) is 5. The maximum atomic E-state index is 11.8. The first-order valence-corrected chi connectivity index (χ1v) is 8.61. The number of carbonyl (C=O) groups is 1. The number of pyridine rings is 1. The predicted octanol–water partition coefficient (Wildman–Crippen LogP) is 2.94. The number of aromatic nitrogens is 1. The van der Waals surface area contributed by atoms with Crippen molar-refractivity contribution in [1.29, 1.82) is 0 Å².